The van der Waals surface area contributed by atoms with Crippen molar-refractivity contribution < 1.29 is 4.79 Å². The number of nitrogens with zero attached hydrogens (tertiary/aromatic N) is 2. The second kappa shape index (κ2) is 5.96. The van der Waals surface area contributed by atoms with E-state index < -0.39 is 0 Å². The number of carbonyl (C=O) groups excluding carboxylic acids is 1. The summed E-state index contributed by atoms with van der Waals surface area (Å²) in [4.78, 5) is 17.9. The first kappa shape index (κ1) is 14.1. The fourth-order valence-corrected chi connectivity index (χ4v) is 3.97. The van der Waals surface area contributed by atoms with Crippen molar-refractivity contribution in [2.45, 2.75) is 17.4 Å². The summed E-state index contributed by atoms with van der Waals surface area (Å²) in [5.74, 6) is 1.01. The average Bonchev–Trinajstić information content (AvgIpc) is 2.98. The number of fused-ring (bicyclic) bond motifs is 2. The van der Waals surface area contributed by atoms with Crippen molar-refractivity contribution in [2.24, 2.45) is 0 Å². The maximum Gasteiger partial charge on any atom is 0.334 e. The SMILES string of the molecule is O=C(N[C@H]1CCSc2ccccc21)Nn1cnc2ccccc21. The van der Waals surface area contributed by atoms with Crippen molar-refractivity contribution in [1.82, 2.24) is 15.0 Å². The van der Waals surface area contributed by atoms with Gasteiger partial charge in [-0.05, 0) is 30.2 Å². The van der Waals surface area contributed by atoms with Crippen LogP contribution in [0, 0.1) is 0 Å². The summed E-state index contributed by atoms with van der Waals surface area (Å²) in [6, 6.07) is 15.8. The summed E-state index contributed by atoms with van der Waals surface area (Å²) in [6.07, 6.45) is 2.55. The molecule has 116 valence electrons. The lowest BCUT2D eigenvalue weighted by atomic mass is 10.0. The van der Waals surface area contributed by atoms with E-state index in [4.69, 9.17) is 0 Å². The molecule has 0 aliphatic carbocycles. The monoisotopic (exact) mass is 324 g/mol. The number of thioether (sulfide) groups is 1. The van der Waals surface area contributed by atoms with Crippen molar-refractivity contribution in [1.29, 1.82) is 0 Å². The van der Waals surface area contributed by atoms with Gasteiger partial charge in [-0.2, -0.15) is 0 Å². The second-order valence-electron chi connectivity index (χ2n) is 5.42. The Morgan fingerprint density at radius 1 is 1.17 bits per heavy atom. The van der Waals surface area contributed by atoms with Crippen molar-refractivity contribution in [3.8, 4) is 0 Å². The zero-order chi connectivity index (χ0) is 15.6. The zero-order valence-electron chi connectivity index (χ0n) is 12.4. The van der Waals surface area contributed by atoms with Crippen molar-refractivity contribution in [3.05, 3.63) is 60.4 Å². The predicted molar refractivity (Wildman–Crippen MR) is 92.1 cm³/mol. The van der Waals surface area contributed by atoms with Crippen LogP contribution in [-0.2, 0) is 0 Å². The van der Waals surface area contributed by atoms with Crippen LogP contribution in [0.2, 0.25) is 0 Å². The Kier molecular flexibility index (Phi) is 3.67. The normalized spacial score (nSPS) is 16.8. The quantitative estimate of drug-likeness (QED) is 0.758. The van der Waals surface area contributed by atoms with Gasteiger partial charge in [-0.1, -0.05) is 30.3 Å². The highest BCUT2D eigenvalue weighted by atomic mass is 32.2. The molecule has 3 aromatic rings. The molecule has 2 N–H and O–H groups in total. The Morgan fingerprint density at radius 3 is 2.96 bits per heavy atom. The zero-order valence-corrected chi connectivity index (χ0v) is 13.2. The third-order valence-corrected chi connectivity index (χ3v) is 5.06. The highest BCUT2D eigenvalue weighted by Gasteiger charge is 2.22. The summed E-state index contributed by atoms with van der Waals surface area (Å²) in [5, 5.41) is 3.07. The van der Waals surface area contributed by atoms with Gasteiger partial charge in [0.15, 0.2) is 0 Å². The maximum absolute atomic E-state index is 12.4. The van der Waals surface area contributed by atoms with Crippen LogP contribution in [-0.4, -0.2) is 21.4 Å². The molecule has 4 rings (SSSR count). The molecule has 0 spiro atoms. The van der Waals surface area contributed by atoms with Gasteiger partial charge in [0.05, 0.1) is 17.1 Å². The largest absolute Gasteiger partial charge is 0.334 e. The van der Waals surface area contributed by atoms with Crippen LogP contribution >= 0.6 is 11.8 Å². The molecule has 0 bridgehead atoms. The van der Waals surface area contributed by atoms with E-state index in [1.54, 1.807) is 11.0 Å². The first-order chi connectivity index (χ1) is 11.3. The number of amides is 2. The average molecular weight is 324 g/mol. The van der Waals surface area contributed by atoms with E-state index >= 15 is 0 Å². The van der Waals surface area contributed by atoms with Gasteiger partial charge < -0.3 is 5.32 Å². The first-order valence-electron chi connectivity index (χ1n) is 7.52. The predicted octanol–water partition coefficient (Wildman–Crippen LogP) is 3.53. The number of urea groups is 1. The molecule has 1 aliphatic rings. The number of aromatic nitrogens is 2. The summed E-state index contributed by atoms with van der Waals surface area (Å²) in [6.45, 7) is 0. The van der Waals surface area contributed by atoms with Crippen molar-refractivity contribution in [3.63, 3.8) is 0 Å². The minimum absolute atomic E-state index is 0.0437. The molecular weight excluding hydrogens is 308 g/mol. The van der Waals surface area contributed by atoms with Crippen molar-refractivity contribution in [2.75, 3.05) is 11.2 Å². The van der Waals surface area contributed by atoms with Gasteiger partial charge >= 0.3 is 6.03 Å². The first-order valence-corrected chi connectivity index (χ1v) is 8.51. The van der Waals surface area contributed by atoms with Gasteiger partial charge in [-0.25, -0.2) is 19.9 Å². The van der Waals surface area contributed by atoms with Gasteiger partial charge in [0.1, 0.15) is 6.33 Å². The number of imidazole rings is 1. The topological polar surface area (TPSA) is 59.0 Å². The number of hydrogen-bond acceptors (Lipinski definition) is 3. The Bertz CT molecular complexity index is 860. The molecule has 2 heterocycles. The summed E-state index contributed by atoms with van der Waals surface area (Å²) in [5.41, 5.74) is 5.76. The third-order valence-electron chi connectivity index (χ3n) is 3.94. The molecule has 1 aromatic heterocycles. The lowest BCUT2D eigenvalue weighted by molar-refractivity contribution is 0.245. The standard InChI is InChI=1S/C17H16N4OS/c22-17(20-21-11-18-14-6-2-3-7-15(14)21)19-13-9-10-23-16-8-4-1-5-12(13)16/h1-8,11,13H,9-10H2,(H2,19,20,22)/t13-/m0/s1. The van der Waals surface area contributed by atoms with Crippen molar-refractivity contribution >= 4 is 28.8 Å². The fraction of sp³-hybridized carbons (Fsp3) is 0.176. The summed E-state index contributed by atoms with van der Waals surface area (Å²) < 4.78 is 1.65. The molecule has 1 atom stereocenters. The second-order valence-corrected chi connectivity index (χ2v) is 6.55. The Hall–Kier alpha value is -2.47. The van der Waals surface area contributed by atoms with Gasteiger partial charge in [-0.15, -0.1) is 11.8 Å². The maximum atomic E-state index is 12.4. The van der Waals surface area contributed by atoms with Crippen LogP contribution in [0.5, 0.6) is 0 Å². The lowest BCUT2D eigenvalue weighted by Crippen LogP contribution is -2.37. The number of hydrogen-bond donors (Lipinski definition) is 2. The molecule has 6 heteroatoms. The van der Waals surface area contributed by atoms with Crippen LogP contribution in [0.4, 0.5) is 4.79 Å². The van der Waals surface area contributed by atoms with Crippen LogP contribution in [0.25, 0.3) is 11.0 Å². The van der Waals surface area contributed by atoms with Crippen LogP contribution in [0.3, 0.4) is 0 Å². The minimum atomic E-state index is -0.222. The van der Waals surface area contributed by atoms with Crippen LogP contribution in [0.1, 0.15) is 18.0 Å². The van der Waals surface area contributed by atoms with Gasteiger partial charge in [0, 0.05) is 10.6 Å². The number of nitrogens with one attached hydrogen (secondary N) is 2. The highest BCUT2D eigenvalue weighted by molar-refractivity contribution is 7.99. The number of carbonyl (C=O) groups is 1. The molecule has 5 nitrogen and oxygen atoms in total. The highest BCUT2D eigenvalue weighted by Crippen LogP contribution is 2.35. The van der Waals surface area contributed by atoms with E-state index in [0.717, 1.165) is 23.2 Å². The molecular formula is C17H16N4OS. The molecule has 2 aromatic carbocycles. The van der Waals surface area contributed by atoms with E-state index in [-0.39, 0.29) is 12.1 Å². The molecule has 0 saturated carbocycles. The van der Waals surface area contributed by atoms with Crippen LogP contribution < -0.4 is 10.7 Å². The van der Waals surface area contributed by atoms with Gasteiger partial charge in [-0.3, -0.25) is 0 Å². The minimum Gasteiger partial charge on any atom is -0.330 e. The smallest absolute Gasteiger partial charge is 0.330 e. The molecule has 0 unspecified atom stereocenters. The summed E-state index contributed by atoms with van der Waals surface area (Å²) in [7, 11) is 0. The number of rotatable bonds is 2. The molecule has 0 fully saturated rings. The summed E-state index contributed by atoms with van der Waals surface area (Å²) >= 11 is 1.84. The lowest BCUT2D eigenvalue weighted by Gasteiger charge is -2.26. The van der Waals surface area contributed by atoms with E-state index in [2.05, 4.69) is 27.9 Å². The van der Waals surface area contributed by atoms with E-state index in [9.17, 15) is 4.79 Å². The fourth-order valence-electron chi connectivity index (χ4n) is 2.84. The number of benzene rings is 2. The molecule has 0 radical (unpaired) electrons. The van der Waals surface area contributed by atoms with Gasteiger partial charge in [0.2, 0.25) is 0 Å². The van der Waals surface area contributed by atoms with E-state index in [0.29, 0.717) is 0 Å². The Morgan fingerprint density at radius 2 is 2.00 bits per heavy atom. The Labute approximate surface area is 138 Å². The Balaban J connectivity index is 1.51. The molecule has 2 amide bonds. The number of para-hydroxylation sites is 2. The van der Waals surface area contributed by atoms with Gasteiger partial charge in [0.25, 0.3) is 0 Å². The molecule has 23 heavy (non-hydrogen) atoms. The van der Waals surface area contributed by atoms with Crippen LogP contribution in [0.15, 0.2) is 59.8 Å². The molecule has 1 aliphatic heterocycles. The van der Waals surface area contributed by atoms with E-state index in [1.165, 1.54) is 10.5 Å². The third kappa shape index (κ3) is 2.77. The molecule has 0 saturated heterocycles. The van der Waals surface area contributed by atoms with E-state index in [1.807, 2.05) is 48.2 Å².